The first-order chi connectivity index (χ1) is 13.0. The highest BCUT2D eigenvalue weighted by Crippen LogP contribution is 2.31. The van der Waals surface area contributed by atoms with Gasteiger partial charge in [-0.05, 0) is 30.3 Å². The average molecular weight is 365 g/mol. The Morgan fingerprint density at radius 2 is 2.00 bits per heavy atom. The molecule has 0 fully saturated rings. The molecule has 0 aliphatic carbocycles. The summed E-state index contributed by atoms with van der Waals surface area (Å²) in [5.74, 6) is -4.76. The van der Waals surface area contributed by atoms with Crippen LogP contribution in [0.3, 0.4) is 0 Å². The highest BCUT2D eigenvalue weighted by molar-refractivity contribution is 5.90. The zero-order valence-electron chi connectivity index (χ0n) is 13.8. The van der Waals surface area contributed by atoms with Gasteiger partial charge in [-0.2, -0.15) is 23.7 Å². The third-order valence-electron chi connectivity index (χ3n) is 4.10. The molecule has 7 nitrogen and oxygen atoms in total. The molecule has 1 aromatic carbocycles. The molecule has 4 aromatic rings. The molecule has 0 aliphatic rings. The number of fused-ring (bicyclic) bond motifs is 1. The third-order valence-corrected chi connectivity index (χ3v) is 4.10. The second kappa shape index (κ2) is 6.20. The molecule has 3 aromatic heterocycles. The van der Waals surface area contributed by atoms with Crippen LogP contribution in [0.4, 0.5) is 8.78 Å². The fraction of sp³-hybridized carbons (Fsp3) is 0.0556. The second-order valence-corrected chi connectivity index (χ2v) is 5.84. The van der Waals surface area contributed by atoms with Gasteiger partial charge in [0.05, 0.1) is 17.4 Å². The lowest BCUT2D eigenvalue weighted by Gasteiger charge is -2.19. The van der Waals surface area contributed by atoms with Crippen molar-refractivity contribution in [2.75, 3.05) is 0 Å². The van der Waals surface area contributed by atoms with Crippen molar-refractivity contribution in [3.05, 3.63) is 72.1 Å². The highest BCUT2D eigenvalue weighted by Gasteiger charge is 2.39. The number of nitrogens with one attached hydrogen (secondary N) is 3. The Labute approximate surface area is 151 Å². The number of nitrogens with zero attached hydrogens (tertiary/aromatic N) is 4. The van der Waals surface area contributed by atoms with Crippen LogP contribution in [0.15, 0.2) is 61.1 Å². The zero-order valence-corrected chi connectivity index (χ0v) is 13.8. The van der Waals surface area contributed by atoms with E-state index in [1.807, 2.05) is 0 Å². The first-order valence-electron chi connectivity index (χ1n) is 7.93. The fourth-order valence-electron chi connectivity index (χ4n) is 2.68. The lowest BCUT2D eigenvalue weighted by Crippen LogP contribution is -2.39. The molecule has 0 saturated carbocycles. The van der Waals surface area contributed by atoms with Crippen LogP contribution in [0, 0.1) is 10.8 Å². The van der Waals surface area contributed by atoms with E-state index in [9.17, 15) is 0 Å². The maximum absolute atomic E-state index is 15.0. The van der Waals surface area contributed by atoms with Crippen LogP contribution >= 0.6 is 0 Å². The van der Waals surface area contributed by atoms with E-state index in [4.69, 9.17) is 10.8 Å². The zero-order chi connectivity index (χ0) is 19.0. The Hall–Kier alpha value is -3.75. The van der Waals surface area contributed by atoms with Gasteiger partial charge in [0.2, 0.25) is 0 Å². The van der Waals surface area contributed by atoms with Crippen LogP contribution in [-0.2, 0) is 5.92 Å². The summed E-state index contributed by atoms with van der Waals surface area (Å²) in [6.45, 7) is 0. The van der Waals surface area contributed by atoms with Gasteiger partial charge in [0.15, 0.2) is 5.84 Å². The summed E-state index contributed by atoms with van der Waals surface area (Å²) < 4.78 is 30.6. The number of hydrogen-bond donors (Lipinski definition) is 3. The SMILES string of the molecule is N=C(n1nc(-c2cn[nH]c2)ccc1=N)C(F)(F)c1ccc2ncccc2c1. The standard InChI is InChI=1S/C18H13F2N7/c19-18(20,13-3-4-14-11(8-13)2-1-7-23-14)17(22)27-16(21)6-5-15(26-27)12-9-24-25-10-12/h1-10,21-22H,(H,24,25). The number of aromatic nitrogens is 5. The number of rotatable bonds is 3. The van der Waals surface area contributed by atoms with Crippen LogP contribution in [0.2, 0.25) is 0 Å². The minimum Gasteiger partial charge on any atom is -0.285 e. The third kappa shape index (κ3) is 2.88. The van der Waals surface area contributed by atoms with Crippen LogP contribution in [0.1, 0.15) is 5.56 Å². The number of pyridine rings is 1. The monoisotopic (exact) mass is 365 g/mol. The van der Waals surface area contributed by atoms with Crippen LogP contribution in [0.5, 0.6) is 0 Å². The fourth-order valence-corrected chi connectivity index (χ4v) is 2.68. The largest absolute Gasteiger partial charge is 0.331 e. The van der Waals surface area contributed by atoms with Crippen molar-refractivity contribution < 1.29 is 8.78 Å². The van der Waals surface area contributed by atoms with Crippen molar-refractivity contribution >= 4 is 16.7 Å². The van der Waals surface area contributed by atoms with E-state index in [2.05, 4.69) is 20.3 Å². The summed E-state index contributed by atoms with van der Waals surface area (Å²) in [6, 6.07) is 10.2. The van der Waals surface area contributed by atoms with Gasteiger partial charge in [-0.25, -0.2) is 0 Å². The smallest absolute Gasteiger partial charge is 0.285 e. The molecule has 3 heterocycles. The molecule has 0 unspecified atom stereocenters. The van der Waals surface area contributed by atoms with Crippen molar-refractivity contribution in [2.24, 2.45) is 0 Å². The van der Waals surface area contributed by atoms with E-state index in [1.165, 1.54) is 36.5 Å². The summed E-state index contributed by atoms with van der Waals surface area (Å²) >= 11 is 0. The number of hydrogen-bond acceptors (Lipinski definition) is 5. The van der Waals surface area contributed by atoms with E-state index in [0.29, 0.717) is 26.8 Å². The van der Waals surface area contributed by atoms with E-state index < -0.39 is 11.8 Å². The molecule has 4 rings (SSSR count). The Bertz CT molecular complexity index is 1200. The predicted molar refractivity (Wildman–Crippen MR) is 94.4 cm³/mol. The number of H-pyrrole nitrogens is 1. The molecule has 0 radical (unpaired) electrons. The molecule has 9 heteroatoms. The summed E-state index contributed by atoms with van der Waals surface area (Å²) in [6.07, 6.45) is 4.61. The first-order valence-corrected chi connectivity index (χ1v) is 7.93. The van der Waals surface area contributed by atoms with Crippen LogP contribution < -0.4 is 5.49 Å². The summed E-state index contributed by atoms with van der Waals surface area (Å²) in [5, 5.41) is 26.9. The Morgan fingerprint density at radius 3 is 2.78 bits per heavy atom. The summed E-state index contributed by atoms with van der Waals surface area (Å²) in [4.78, 5) is 4.11. The number of benzene rings is 1. The van der Waals surface area contributed by atoms with E-state index in [-0.39, 0.29) is 11.1 Å². The highest BCUT2D eigenvalue weighted by atomic mass is 19.3. The van der Waals surface area contributed by atoms with Gasteiger partial charge in [-0.3, -0.25) is 20.9 Å². The van der Waals surface area contributed by atoms with E-state index >= 15 is 8.78 Å². The second-order valence-electron chi connectivity index (χ2n) is 5.84. The molecule has 0 atom stereocenters. The van der Waals surface area contributed by atoms with Crippen molar-refractivity contribution in [3.63, 3.8) is 0 Å². The topological polar surface area (TPSA) is 107 Å². The molecule has 0 spiro atoms. The predicted octanol–water partition coefficient (Wildman–Crippen LogP) is 2.92. The molecule has 134 valence electrons. The average Bonchev–Trinajstić information content (AvgIpc) is 3.22. The molecule has 3 N–H and O–H groups in total. The quantitative estimate of drug-likeness (QED) is 0.384. The minimum absolute atomic E-state index is 0.322. The molecule has 0 aliphatic heterocycles. The molecular weight excluding hydrogens is 352 g/mol. The Morgan fingerprint density at radius 1 is 1.15 bits per heavy atom. The van der Waals surface area contributed by atoms with Crippen molar-refractivity contribution in [1.82, 2.24) is 25.0 Å². The normalized spacial score (nSPS) is 11.6. The van der Waals surface area contributed by atoms with E-state index in [1.54, 1.807) is 24.5 Å². The molecular formula is C18H13F2N7. The molecule has 27 heavy (non-hydrogen) atoms. The Kier molecular flexibility index (Phi) is 3.84. The minimum atomic E-state index is -3.65. The number of halogens is 2. The molecule has 0 bridgehead atoms. The lowest BCUT2D eigenvalue weighted by atomic mass is 10.0. The molecule has 0 amide bonds. The van der Waals surface area contributed by atoms with Gasteiger partial charge in [0.1, 0.15) is 5.49 Å². The lowest BCUT2D eigenvalue weighted by molar-refractivity contribution is 0.0697. The number of aromatic amines is 1. The van der Waals surface area contributed by atoms with Crippen LogP contribution in [-0.4, -0.2) is 30.8 Å². The van der Waals surface area contributed by atoms with Crippen LogP contribution in [0.25, 0.3) is 22.2 Å². The summed E-state index contributed by atoms with van der Waals surface area (Å²) in [7, 11) is 0. The van der Waals surface area contributed by atoms with Gasteiger partial charge in [0.25, 0.3) is 0 Å². The van der Waals surface area contributed by atoms with Gasteiger partial charge < -0.3 is 0 Å². The Balaban J connectivity index is 1.78. The molecule has 0 saturated heterocycles. The van der Waals surface area contributed by atoms with Crippen molar-refractivity contribution in [1.29, 1.82) is 10.8 Å². The van der Waals surface area contributed by atoms with Gasteiger partial charge in [0, 0.05) is 28.9 Å². The summed E-state index contributed by atoms with van der Waals surface area (Å²) in [5.41, 5.74) is 0.780. The maximum Gasteiger partial charge on any atom is 0.331 e. The van der Waals surface area contributed by atoms with Gasteiger partial charge in [-0.1, -0.05) is 12.1 Å². The van der Waals surface area contributed by atoms with Crippen molar-refractivity contribution in [2.45, 2.75) is 5.92 Å². The maximum atomic E-state index is 15.0. The van der Waals surface area contributed by atoms with Crippen molar-refractivity contribution in [3.8, 4) is 11.3 Å². The van der Waals surface area contributed by atoms with E-state index in [0.717, 1.165) is 0 Å². The number of alkyl halides is 2. The first kappa shape index (κ1) is 16.7. The van der Waals surface area contributed by atoms with Gasteiger partial charge >= 0.3 is 5.92 Å². The van der Waals surface area contributed by atoms with Gasteiger partial charge in [-0.15, -0.1) is 0 Å².